The van der Waals surface area contributed by atoms with Gasteiger partial charge in [0, 0.05) is 0 Å². The van der Waals surface area contributed by atoms with Gasteiger partial charge in [-0.1, -0.05) is 36.8 Å². The summed E-state index contributed by atoms with van der Waals surface area (Å²) in [5.74, 6) is 1.52. The van der Waals surface area contributed by atoms with Gasteiger partial charge in [-0.15, -0.1) is 0 Å². The van der Waals surface area contributed by atoms with Gasteiger partial charge in [-0.3, -0.25) is 5.43 Å². The second-order valence-corrected chi connectivity index (χ2v) is 6.73. The third kappa shape index (κ3) is 4.73. The van der Waals surface area contributed by atoms with Crippen molar-refractivity contribution in [2.24, 2.45) is 5.10 Å². The molecule has 0 aliphatic rings. The molecule has 0 atom stereocenters. The number of hydrazone groups is 1. The van der Waals surface area contributed by atoms with Crippen LogP contribution in [0.15, 0.2) is 47.6 Å². The third-order valence-electron chi connectivity index (χ3n) is 3.69. The predicted octanol–water partition coefficient (Wildman–Crippen LogP) is 5.32. The number of thiazole rings is 1. The lowest BCUT2D eigenvalue weighted by Crippen LogP contribution is -2.01. The van der Waals surface area contributed by atoms with Gasteiger partial charge in [-0.05, 0) is 49.2 Å². The summed E-state index contributed by atoms with van der Waals surface area (Å²) in [5.41, 5.74) is 4.90. The Morgan fingerprint density at radius 2 is 2.00 bits per heavy atom. The van der Waals surface area contributed by atoms with Crippen LogP contribution in [-0.2, 0) is 0 Å². The number of para-hydroxylation sites is 1. The number of nitrogens with zero attached hydrogens (tertiary/aromatic N) is 2. The first-order valence-electron chi connectivity index (χ1n) is 8.84. The van der Waals surface area contributed by atoms with Gasteiger partial charge in [0.05, 0.1) is 29.6 Å². The zero-order valence-electron chi connectivity index (χ0n) is 15.1. The third-order valence-corrected chi connectivity index (χ3v) is 4.63. The first-order valence-corrected chi connectivity index (χ1v) is 9.66. The van der Waals surface area contributed by atoms with Crippen LogP contribution in [0.5, 0.6) is 11.5 Å². The summed E-state index contributed by atoms with van der Waals surface area (Å²) in [4.78, 5) is 4.50. The topological polar surface area (TPSA) is 55.7 Å². The van der Waals surface area contributed by atoms with Gasteiger partial charge in [0.15, 0.2) is 11.5 Å². The van der Waals surface area contributed by atoms with Crippen LogP contribution in [0.2, 0.25) is 0 Å². The van der Waals surface area contributed by atoms with Crippen LogP contribution in [0.1, 0.15) is 32.3 Å². The molecular weight excluding hydrogens is 346 g/mol. The van der Waals surface area contributed by atoms with E-state index in [-0.39, 0.29) is 0 Å². The van der Waals surface area contributed by atoms with Gasteiger partial charge in [0.2, 0.25) is 5.13 Å². The van der Waals surface area contributed by atoms with Crippen molar-refractivity contribution in [1.82, 2.24) is 4.98 Å². The minimum atomic E-state index is 0.592. The quantitative estimate of drug-likeness (QED) is 0.315. The molecule has 26 heavy (non-hydrogen) atoms. The number of ether oxygens (including phenoxy) is 2. The fourth-order valence-corrected chi connectivity index (χ4v) is 3.22. The first-order chi connectivity index (χ1) is 12.8. The molecule has 1 heterocycles. The van der Waals surface area contributed by atoms with E-state index in [0.717, 1.165) is 45.3 Å². The molecule has 0 aliphatic carbocycles. The number of nitrogens with one attached hydrogen (secondary N) is 1. The minimum Gasteiger partial charge on any atom is -0.490 e. The SMILES string of the molecule is CCCCOc1ccc(C=NNc2nc3ccccc3s2)cc1OCC. The van der Waals surface area contributed by atoms with Crippen molar-refractivity contribution in [2.75, 3.05) is 18.6 Å². The van der Waals surface area contributed by atoms with Gasteiger partial charge < -0.3 is 9.47 Å². The van der Waals surface area contributed by atoms with Crippen molar-refractivity contribution in [3.63, 3.8) is 0 Å². The van der Waals surface area contributed by atoms with Gasteiger partial charge in [-0.25, -0.2) is 4.98 Å². The van der Waals surface area contributed by atoms with Gasteiger partial charge in [0.1, 0.15) is 0 Å². The van der Waals surface area contributed by atoms with Gasteiger partial charge in [-0.2, -0.15) is 5.10 Å². The molecule has 0 aliphatic heterocycles. The number of hydrogen-bond donors (Lipinski definition) is 1. The number of anilines is 1. The Balaban J connectivity index is 1.67. The summed E-state index contributed by atoms with van der Waals surface area (Å²) in [7, 11) is 0. The molecule has 0 saturated heterocycles. The molecule has 2 aromatic carbocycles. The smallest absolute Gasteiger partial charge is 0.204 e. The highest BCUT2D eigenvalue weighted by molar-refractivity contribution is 7.22. The highest BCUT2D eigenvalue weighted by Gasteiger charge is 2.06. The fourth-order valence-electron chi connectivity index (χ4n) is 2.40. The highest BCUT2D eigenvalue weighted by Crippen LogP contribution is 2.28. The summed E-state index contributed by atoms with van der Waals surface area (Å²) in [6.07, 6.45) is 3.89. The van der Waals surface area contributed by atoms with Crippen LogP contribution < -0.4 is 14.9 Å². The number of benzene rings is 2. The second kappa shape index (κ2) is 9.20. The molecule has 0 amide bonds. The van der Waals surface area contributed by atoms with Crippen LogP contribution in [0.4, 0.5) is 5.13 Å². The maximum absolute atomic E-state index is 5.80. The molecule has 3 rings (SSSR count). The molecule has 0 saturated carbocycles. The van der Waals surface area contributed by atoms with Crippen molar-refractivity contribution >= 4 is 32.9 Å². The molecule has 136 valence electrons. The number of fused-ring (bicyclic) bond motifs is 1. The van der Waals surface area contributed by atoms with E-state index in [1.807, 2.05) is 49.4 Å². The summed E-state index contributed by atoms with van der Waals surface area (Å²) < 4.78 is 12.6. The lowest BCUT2D eigenvalue weighted by Gasteiger charge is -2.12. The van der Waals surface area contributed by atoms with Crippen LogP contribution >= 0.6 is 11.3 Å². The number of hydrogen-bond acceptors (Lipinski definition) is 6. The standard InChI is InChI=1S/C20H23N3O2S/c1-3-5-12-25-17-11-10-15(13-18(17)24-4-2)14-21-23-20-22-16-8-6-7-9-19(16)26-20/h6-11,13-14H,3-5,12H2,1-2H3,(H,22,23). The Kier molecular flexibility index (Phi) is 6.44. The van der Waals surface area contributed by atoms with Gasteiger partial charge in [0.25, 0.3) is 0 Å². The lowest BCUT2D eigenvalue weighted by molar-refractivity contribution is 0.272. The Bertz CT molecular complexity index is 843. The maximum Gasteiger partial charge on any atom is 0.204 e. The van der Waals surface area contributed by atoms with E-state index in [0.29, 0.717) is 13.2 Å². The molecule has 1 N–H and O–H groups in total. The monoisotopic (exact) mass is 369 g/mol. The average molecular weight is 369 g/mol. The number of rotatable bonds is 9. The highest BCUT2D eigenvalue weighted by atomic mass is 32.1. The normalized spacial score (nSPS) is 11.2. The Labute approximate surface area is 157 Å². The summed E-state index contributed by atoms with van der Waals surface area (Å²) in [6, 6.07) is 13.9. The predicted molar refractivity (Wildman–Crippen MR) is 109 cm³/mol. The zero-order valence-corrected chi connectivity index (χ0v) is 15.9. The number of aromatic nitrogens is 1. The van der Waals surface area contributed by atoms with Crippen molar-refractivity contribution in [3.8, 4) is 11.5 Å². The molecule has 0 bridgehead atoms. The van der Waals surface area contributed by atoms with Crippen molar-refractivity contribution in [1.29, 1.82) is 0 Å². The summed E-state index contributed by atoms with van der Waals surface area (Å²) in [5, 5.41) is 5.06. The van der Waals surface area contributed by atoms with Crippen LogP contribution in [-0.4, -0.2) is 24.4 Å². The van der Waals surface area contributed by atoms with E-state index < -0.39 is 0 Å². The molecular formula is C20H23N3O2S. The molecule has 1 aromatic heterocycles. The molecule has 6 heteroatoms. The van der Waals surface area contributed by atoms with Crippen LogP contribution in [0.3, 0.4) is 0 Å². The van der Waals surface area contributed by atoms with E-state index in [9.17, 15) is 0 Å². The fraction of sp³-hybridized carbons (Fsp3) is 0.300. The summed E-state index contributed by atoms with van der Waals surface area (Å²) >= 11 is 1.58. The maximum atomic E-state index is 5.80. The Morgan fingerprint density at radius 3 is 2.81 bits per heavy atom. The van der Waals surface area contributed by atoms with Crippen LogP contribution in [0, 0.1) is 0 Å². The van der Waals surface area contributed by atoms with E-state index in [2.05, 4.69) is 22.4 Å². The largest absolute Gasteiger partial charge is 0.490 e. The first kappa shape index (κ1) is 18.2. The van der Waals surface area contributed by atoms with Crippen molar-refractivity contribution < 1.29 is 9.47 Å². The molecule has 0 radical (unpaired) electrons. The Morgan fingerprint density at radius 1 is 1.12 bits per heavy atom. The van der Waals surface area contributed by atoms with E-state index in [1.54, 1.807) is 17.6 Å². The lowest BCUT2D eigenvalue weighted by atomic mass is 10.2. The second-order valence-electron chi connectivity index (χ2n) is 5.70. The van der Waals surface area contributed by atoms with Gasteiger partial charge >= 0.3 is 0 Å². The molecule has 0 unspecified atom stereocenters. The molecule has 0 fully saturated rings. The number of unbranched alkanes of at least 4 members (excludes halogenated alkanes) is 1. The molecule has 0 spiro atoms. The van der Waals surface area contributed by atoms with Crippen molar-refractivity contribution in [2.45, 2.75) is 26.7 Å². The molecule has 5 nitrogen and oxygen atoms in total. The average Bonchev–Trinajstić information content (AvgIpc) is 3.06. The minimum absolute atomic E-state index is 0.592. The van der Waals surface area contributed by atoms with E-state index in [1.165, 1.54) is 0 Å². The summed E-state index contributed by atoms with van der Waals surface area (Å²) in [6.45, 7) is 5.40. The Hall–Kier alpha value is -2.60. The molecule has 3 aromatic rings. The van der Waals surface area contributed by atoms with E-state index in [4.69, 9.17) is 9.47 Å². The zero-order chi connectivity index (χ0) is 18.2. The van der Waals surface area contributed by atoms with Crippen molar-refractivity contribution in [3.05, 3.63) is 48.0 Å². The van der Waals surface area contributed by atoms with E-state index >= 15 is 0 Å². The van der Waals surface area contributed by atoms with Crippen LogP contribution in [0.25, 0.3) is 10.2 Å².